The highest BCUT2D eigenvalue weighted by atomic mass is 35.5. The minimum absolute atomic E-state index is 0.186. The fraction of sp³-hybridized carbons (Fsp3) is 0.211. The Labute approximate surface area is 187 Å². The van der Waals surface area contributed by atoms with E-state index >= 15 is 0 Å². The molecule has 1 amide bonds. The number of halogens is 3. The van der Waals surface area contributed by atoms with Gasteiger partial charge < -0.3 is 4.90 Å². The van der Waals surface area contributed by atoms with Crippen LogP contribution in [-0.2, 0) is 10.0 Å². The summed E-state index contributed by atoms with van der Waals surface area (Å²) in [5.74, 6) is -0.198. The summed E-state index contributed by atoms with van der Waals surface area (Å²) in [6.45, 7) is 1.00. The van der Waals surface area contributed by atoms with E-state index in [1.54, 1.807) is 35.2 Å². The Balaban J connectivity index is 1.50. The zero-order chi connectivity index (χ0) is 20.8. The number of thiophene rings is 1. The minimum atomic E-state index is -3.63. The molecule has 1 aliphatic heterocycles. The van der Waals surface area contributed by atoms with E-state index in [9.17, 15) is 13.2 Å². The Morgan fingerprint density at radius 2 is 1.52 bits per heavy atom. The number of fused-ring (bicyclic) bond motifs is 1. The van der Waals surface area contributed by atoms with Crippen LogP contribution < -0.4 is 0 Å². The Hall–Kier alpha value is -1.35. The summed E-state index contributed by atoms with van der Waals surface area (Å²) < 4.78 is 27.8. The first kappa shape index (κ1) is 20.9. The first-order valence-corrected chi connectivity index (χ1v) is 12.1. The summed E-state index contributed by atoms with van der Waals surface area (Å²) in [5, 5.41) is 2.24. The predicted molar refractivity (Wildman–Crippen MR) is 118 cm³/mol. The number of piperazine rings is 1. The predicted octanol–water partition coefficient (Wildman–Crippen LogP) is 5.01. The van der Waals surface area contributed by atoms with E-state index in [-0.39, 0.29) is 37.0 Å². The molecule has 1 fully saturated rings. The van der Waals surface area contributed by atoms with Crippen molar-refractivity contribution in [1.82, 2.24) is 9.21 Å². The van der Waals surface area contributed by atoms with Crippen molar-refractivity contribution in [3.05, 3.63) is 62.4 Å². The molecule has 29 heavy (non-hydrogen) atoms. The number of benzene rings is 2. The lowest BCUT2D eigenvalue weighted by atomic mass is 10.2. The zero-order valence-electron chi connectivity index (χ0n) is 14.9. The lowest BCUT2D eigenvalue weighted by Crippen LogP contribution is -2.50. The second kappa shape index (κ2) is 8.06. The maximum atomic E-state index is 13.0. The molecule has 0 aliphatic carbocycles. The van der Waals surface area contributed by atoms with Gasteiger partial charge in [0, 0.05) is 46.3 Å². The van der Waals surface area contributed by atoms with Gasteiger partial charge in [0.15, 0.2) is 0 Å². The van der Waals surface area contributed by atoms with Crippen molar-refractivity contribution in [2.45, 2.75) is 4.90 Å². The van der Waals surface area contributed by atoms with Gasteiger partial charge in [0.05, 0.1) is 9.92 Å². The summed E-state index contributed by atoms with van der Waals surface area (Å²) in [4.78, 5) is 15.2. The smallest absolute Gasteiger partial charge is 0.265 e. The fourth-order valence-corrected chi connectivity index (χ4v) is 6.51. The van der Waals surface area contributed by atoms with Crippen LogP contribution in [-0.4, -0.2) is 49.7 Å². The van der Waals surface area contributed by atoms with E-state index < -0.39 is 10.0 Å². The van der Waals surface area contributed by atoms with Gasteiger partial charge in [-0.25, -0.2) is 8.42 Å². The first-order valence-electron chi connectivity index (χ1n) is 8.70. The quantitative estimate of drug-likeness (QED) is 0.520. The lowest BCUT2D eigenvalue weighted by Gasteiger charge is -2.33. The van der Waals surface area contributed by atoms with Crippen molar-refractivity contribution in [3.8, 4) is 0 Å². The number of nitrogens with zero attached hydrogens (tertiary/aromatic N) is 2. The number of hydrogen-bond donors (Lipinski definition) is 0. The molecule has 2 heterocycles. The Morgan fingerprint density at radius 1 is 0.897 bits per heavy atom. The van der Waals surface area contributed by atoms with Crippen LogP contribution in [0.4, 0.5) is 0 Å². The van der Waals surface area contributed by atoms with Crippen LogP contribution in [0.15, 0.2) is 47.4 Å². The van der Waals surface area contributed by atoms with E-state index in [2.05, 4.69) is 0 Å². The molecule has 0 spiro atoms. The van der Waals surface area contributed by atoms with Crippen LogP contribution in [0.1, 0.15) is 9.67 Å². The van der Waals surface area contributed by atoms with Gasteiger partial charge in [-0.1, -0.05) is 40.9 Å². The van der Waals surface area contributed by atoms with Crippen molar-refractivity contribution < 1.29 is 13.2 Å². The summed E-state index contributed by atoms with van der Waals surface area (Å²) >= 11 is 19.6. The van der Waals surface area contributed by atoms with Crippen LogP contribution >= 0.6 is 46.1 Å². The molecule has 5 nitrogen and oxygen atoms in total. The average Bonchev–Trinajstić information content (AvgIpc) is 3.03. The molecule has 4 rings (SSSR count). The normalized spacial score (nSPS) is 15.8. The molecule has 3 aromatic rings. The third kappa shape index (κ3) is 4.00. The topological polar surface area (TPSA) is 57.7 Å². The van der Waals surface area contributed by atoms with E-state index in [1.165, 1.54) is 27.8 Å². The third-order valence-corrected chi connectivity index (χ3v) is 8.81. The first-order chi connectivity index (χ1) is 13.8. The van der Waals surface area contributed by atoms with Gasteiger partial charge in [0.2, 0.25) is 10.0 Å². The molecule has 0 atom stereocenters. The summed E-state index contributed by atoms with van der Waals surface area (Å²) in [6, 6.07) is 11.4. The average molecular weight is 490 g/mol. The molecule has 2 aromatic carbocycles. The summed E-state index contributed by atoms with van der Waals surface area (Å²) in [7, 11) is -3.63. The number of carbonyl (C=O) groups excluding carboxylic acids is 1. The molecule has 0 bridgehead atoms. The number of hydrogen-bond acceptors (Lipinski definition) is 4. The number of carbonyl (C=O) groups is 1. The van der Waals surface area contributed by atoms with Crippen LogP contribution in [0, 0.1) is 0 Å². The molecule has 0 radical (unpaired) electrons. The number of sulfonamides is 1. The fourth-order valence-electron chi connectivity index (χ4n) is 3.21. The third-order valence-electron chi connectivity index (χ3n) is 4.76. The van der Waals surface area contributed by atoms with E-state index in [0.717, 1.165) is 10.1 Å². The Bertz CT molecular complexity index is 1190. The highest BCUT2D eigenvalue weighted by Crippen LogP contribution is 2.37. The number of rotatable bonds is 3. The highest BCUT2D eigenvalue weighted by Gasteiger charge is 2.31. The van der Waals surface area contributed by atoms with Gasteiger partial charge >= 0.3 is 0 Å². The monoisotopic (exact) mass is 488 g/mol. The van der Waals surface area contributed by atoms with Crippen LogP contribution in [0.5, 0.6) is 0 Å². The SMILES string of the molecule is O=C(c1sc2cc(Cl)ccc2c1Cl)N1CCN(S(=O)(=O)c2ccc(Cl)cc2)CC1. The van der Waals surface area contributed by atoms with Crippen molar-refractivity contribution in [1.29, 1.82) is 0 Å². The molecule has 1 aliphatic rings. The molecule has 0 N–H and O–H groups in total. The Morgan fingerprint density at radius 3 is 2.17 bits per heavy atom. The van der Waals surface area contributed by atoms with Gasteiger partial charge in [-0.05, 0) is 36.4 Å². The summed E-state index contributed by atoms with van der Waals surface area (Å²) in [5.41, 5.74) is 0. The van der Waals surface area contributed by atoms with Gasteiger partial charge in [0.25, 0.3) is 5.91 Å². The minimum Gasteiger partial charge on any atom is -0.335 e. The molecule has 10 heteroatoms. The zero-order valence-corrected chi connectivity index (χ0v) is 18.8. The van der Waals surface area contributed by atoms with Crippen molar-refractivity contribution in [2.75, 3.05) is 26.2 Å². The maximum absolute atomic E-state index is 13.0. The highest BCUT2D eigenvalue weighted by molar-refractivity contribution is 7.89. The van der Waals surface area contributed by atoms with Crippen LogP contribution in [0.25, 0.3) is 10.1 Å². The molecule has 0 unspecified atom stereocenters. The maximum Gasteiger partial charge on any atom is 0.265 e. The molecular formula is C19H15Cl3N2O3S2. The van der Waals surface area contributed by atoms with Gasteiger partial charge in [-0.3, -0.25) is 4.79 Å². The van der Waals surface area contributed by atoms with Gasteiger partial charge in [-0.2, -0.15) is 4.31 Å². The lowest BCUT2D eigenvalue weighted by molar-refractivity contribution is 0.0703. The molecule has 152 valence electrons. The second-order valence-corrected chi connectivity index (χ2v) is 10.8. The molecular weight excluding hydrogens is 475 g/mol. The second-order valence-electron chi connectivity index (χ2n) is 6.54. The Kier molecular flexibility index (Phi) is 5.81. The van der Waals surface area contributed by atoms with Gasteiger partial charge in [0.1, 0.15) is 4.88 Å². The van der Waals surface area contributed by atoms with Crippen LogP contribution in [0.2, 0.25) is 15.1 Å². The van der Waals surface area contributed by atoms with Crippen molar-refractivity contribution >= 4 is 72.2 Å². The van der Waals surface area contributed by atoms with E-state index in [4.69, 9.17) is 34.8 Å². The largest absolute Gasteiger partial charge is 0.335 e. The van der Waals surface area contributed by atoms with Crippen molar-refractivity contribution in [3.63, 3.8) is 0 Å². The van der Waals surface area contributed by atoms with E-state index in [1.807, 2.05) is 0 Å². The van der Waals surface area contributed by atoms with Crippen molar-refractivity contribution in [2.24, 2.45) is 0 Å². The molecule has 1 saturated heterocycles. The molecule has 0 saturated carbocycles. The standard InChI is InChI=1S/C19H15Cl3N2O3S2/c20-12-1-4-14(5-2-12)29(26,27)24-9-7-23(8-10-24)19(25)18-17(22)15-6-3-13(21)11-16(15)28-18/h1-6,11H,7-10H2. The van der Waals surface area contributed by atoms with E-state index in [0.29, 0.717) is 19.9 Å². The van der Waals surface area contributed by atoms with Gasteiger partial charge in [-0.15, -0.1) is 11.3 Å². The summed E-state index contributed by atoms with van der Waals surface area (Å²) in [6.07, 6.45) is 0. The van der Waals surface area contributed by atoms with Crippen LogP contribution in [0.3, 0.4) is 0 Å². The number of amides is 1. The molecule has 1 aromatic heterocycles.